The molecule has 1 aliphatic heterocycles. The first-order chi connectivity index (χ1) is 10.1. The van der Waals surface area contributed by atoms with E-state index in [9.17, 15) is 9.59 Å². The van der Waals surface area contributed by atoms with Crippen molar-refractivity contribution in [1.29, 1.82) is 0 Å². The summed E-state index contributed by atoms with van der Waals surface area (Å²) in [6, 6.07) is 6.97. The highest BCUT2D eigenvalue weighted by Gasteiger charge is 2.31. The Morgan fingerprint density at radius 1 is 1.38 bits per heavy atom. The number of hydrogen-bond acceptors (Lipinski definition) is 3. The van der Waals surface area contributed by atoms with Crippen LogP contribution in [-0.4, -0.2) is 33.0 Å². The van der Waals surface area contributed by atoms with E-state index in [1.807, 2.05) is 24.3 Å². The van der Waals surface area contributed by atoms with E-state index in [1.54, 1.807) is 18.7 Å². The molecule has 108 valence electrons. The molecule has 0 spiro atoms. The third kappa shape index (κ3) is 2.29. The molecule has 0 radical (unpaired) electrons. The van der Waals surface area contributed by atoms with Crippen molar-refractivity contribution in [2.24, 2.45) is 0 Å². The molecule has 6 nitrogen and oxygen atoms in total. The number of aromatic amines is 1. The maximum Gasteiger partial charge on any atom is 0.258 e. The minimum absolute atomic E-state index is 0.186. The number of fused-ring (bicyclic) bond motifs is 1. The Morgan fingerprint density at radius 3 is 2.86 bits per heavy atom. The van der Waals surface area contributed by atoms with Crippen LogP contribution in [-0.2, 0) is 11.3 Å². The SMILES string of the molecule is Cc1[nH]ncc1C(=O)N1Cc2ccccc2NC(=O)C1C. The van der Waals surface area contributed by atoms with Crippen LogP contribution in [0.5, 0.6) is 0 Å². The number of para-hydroxylation sites is 1. The number of nitrogens with one attached hydrogen (secondary N) is 2. The van der Waals surface area contributed by atoms with E-state index in [1.165, 1.54) is 6.20 Å². The number of aromatic nitrogens is 2. The van der Waals surface area contributed by atoms with Crippen LogP contribution in [0.2, 0.25) is 0 Å². The van der Waals surface area contributed by atoms with Gasteiger partial charge in [0, 0.05) is 17.9 Å². The molecule has 2 aromatic rings. The van der Waals surface area contributed by atoms with Crippen molar-refractivity contribution in [3.05, 3.63) is 47.3 Å². The number of carbonyl (C=O) groups excluding carboxylic acids is 2. The molecule has 1 aromatic carbocycles. The smallest absolute Gasteiger partial charge is 0.258 e. The molecular weight excluding hydrogens is 268 g/mol. The third-order valence-electron chi connectivity index (χ3n) is 3.78. The van der Waals surface area contributed by atoms with Crippen molar-refractivity contribution in [1.82, 2.24) is 15.1 Å². The predicted octanol–water partition coefficient (Wildman–Crippen LogP) is 1.70. The summed E-state index contributed by atoms with van der Waals surface area (Å²) < 4.78 is 0. The summed E-state index contributed by atoms with van der Waals surface area (Å²) in [4.78, 5) is 26.5. The third-order valence-corrected chi connectivity index (χ3v) is 3.78. The first-order valence-electron chi connectivity index (χ1n) is 6.77. The Morgan fingerprint density at radius 2 is 2.14 bits per heavy atom. The van der Waals surface area contributed by atoms with Gasteiger partial charge in [0.15, 0.2) is 0 Å². The highest BCUT2D eigenvalue weighted by Crippen LogP contribution is 2.24. The number of carbonyl (C=O) groups is 2. The van der Waals surface area contributed by atoms with E-state index in [2.05, 4.69) is 15.5 Å². The quantitative estimate of drug-likeness (QED) is 0.836. The van der Waals surface area contributed by atoms with Crippen LogP contribution in [0.15, 0.2) is 30.5 Å². The zero-order valence-corrected chi connectivity index (χ0v) is 11.9. The molecule has 6 heteroatoms. The van der Waals surface area contributed by atoms with Gasteiger partial charge in [-0.15, -0.1) is 0 Å². The Bertz CT molecular complexity index is 707. The summed E-state index contributed by atoms with van der Waals surface area (Å²) in [6.45, 7) is 3.91. The van der Waals surface area contributed by atoms with Gasteiger partial charge in [-0.1, -0.05) is 18.2 Å². The second-order valence-electron chi connectivity index (χ2n) is 5.16. The van der Waals surface area contributed by atoms with Crippen molar-refractivity contribution < 1.29 is 9.59 Å². The van der Waals surface area contributed by atoms with Crippen molar-refractivity contribution in [2.75, 3.05) is 5.32 Å². The lowest BCUT2D eigenvalue weighted by molar-refractivity contribution is -0.120. The van der Waals surface area contributed by atoms with Crippen molar-refractivity contribution in [2.45, 2.75) is 26.4 Å². The van der Waals surface area contributed by atoms with E-state index in [-0.39, 0.29) is 11.8 Å². The summed E-state index contributed by atoms with van der Waals surface area (Å²) in [5.41, 5.74) is 2.87. The van der Waals surface area contributed by atoms with Gasteiger partial charge in [-0.05, 0) is 25.5 Å². The minimum atomic E-state index is -0.542. The molecule has 0 saturated heterocycles. The molecule has 2 amide bonds. The molecule has 0 aliphatic carbocycles. The van der Waals surface area contributed by atoms with Crippen LogP contribution < -0.4 is 5.32 Å². The minimum Gasteiger partial charge on any atom is -0.324 e. The summed E-state index contributed by atoms with van der Waals surface area (Å²) in [6.07, 6.45) is 1.50. The maximum atomic E-state index is 12.7. The van der Waals surface area contributed by atoms with E-state index in [4.69, 9.17) is 0 Å². The molecule has 0 bridgehead atoms. The number of H-pyrrole nitrogens is 1. The largest absolute Gasteiger partial charge is 0.324 e. The zero-order valence-electron chi connectivity index (χ0n) is 11.9. The number of aryl methyl sites for hydroxylation is 1. The first-order valence-corrected chi connectivity index (χ1v) is 6.77. The number of rotatable bonds is 1. The van der Waals surface area contributed by atoms with Crippen molar-refractivity contribution in [3.8, 4) is 0 Å². The lowest BCUT2D eigenvalue weighted by Crippen LogP contribution is -2.43. The predicted molar refractivity (Wildman–Crippen MR) is 77.7 cm³/mol. The van der Waals surface area contributed by atoms with Crippen LogP contribution >= 0.6 is 0 Å². The topological polar surface area (TPSA) is 78.1 Å². The fourth-order valence-electron chi connectivity index (χ4n) is 2.45. The molecule has 3 rings (SSSR count). The Hall–Kier alpha value is -2.63. The monoisotopic (exact) mass is 284 g/mol. The highest BCUT2D eigenvalue weighted by molar-refractivity contribution is 6.02. The molecule has 2 heterocycles. The second-order valence-corrected chi connectivity index (χ2v) is 5.16. The molecule has 21 heavy (non-hydrogen) atoms. The summed E-state index contributed by atoms with van der Waals surface area (Å²) in [7, 11) is 0. The van der Waals surface area contributed by atoms with Gasteiger partial charge in [-0.25, -0.2) is 0 Å². The lowest BCUT2D eigenvalue weighted by atomic mass is 10.1. The lowest BCUT2D eigenvalue weighted by Gasteiger charge is -2.25. The van der Waals surface area contributed by atoms with Gasteiger partial charge in [0.1, 0.15) is 6.04 Å². The van der Waals surface area contributed by atoms with Crippen molar-refractivity contribution >= 4 is 17.5 Å². The van der Waals surface area contributed by atoms with E-state index >= 15 is 0 Å². The number of benzene rings is 1. The van der Waals surface area contributed by atoms with Gasteiger partial charge in [0.2, 0.25) is 5.91 Å². The summed E-state index contributed by atoms with van der Waals surface area (Å²) in [5.74, 6) is -0.380. The Kier molecular flexibility index (Phi) is 3.21. The fourth-order valence-corrected chi connectivity index (χ4v) is 2.45. The molecule has 0 saturated carbocycles. The molecule has 1 aliphatic rings. The van der Waals surface area contributed by atoms with Gasteiger partial charge in [0.25, 0.3) is 5.91 Å². The number of hydrogen-bond donors (Lipinski definition) is 2. The van der Waals surface area contributed by atoms with E-state index < -0.39 is 6.04 Å². The molecule has 1 aromatic heterocycles. The summed E-state index contributed by atoms with van der Waals surface area (Å²) in [5, 5.41) is 9.49. The molecule has 2 N–H and O–H groups in total. The van der Waals surface area contributed by atoms with Crippen LogP contribution in [0.25, 0.3) is 0 Å². The fraction of sp³-hybridized carbons (Fsp3) is 0.267. The average Bonchev–Trinajstić information content (AvgIpc) is 2.85. The standard InChI is InChI=1S/C15H16N4O2/c1-9-12(7-16-18-9)15(21)19-8-11-5-3-4-6-13(11)17-14(20)10(19)2/h3-7,10H,8H2,1-2H3,(H,16,18)(H,17,20). The van der Waals surface area contributed by atoms with E-state index in [0.717, 1.165) is 11.3 Å². The van der Waals surface area contributed by atoms with Gasteiger partial charge < -0.3 is 10.2 Å². The van der Waals surface area contributed by atoms with Crippen molar-refractivity contribution in [3.63, 3.8) is 0 Å². The van der Waals surface area contributed by atoms with E-state index in [0.29, 0.717) is 17.8 Å². The zero-order chi connectivity index (χ0) is 15.0. The number of anilines is 1. The molecular formula is C15H16N4O2. The highest BCUT2D eigenvalue weighted by atomic mass is 16.2. The van der Waals surface area contributed by atoms with Gasteiger partial charge in [-0.3, -0.25) is 14.7 Å². The molecule has 0 fully saturated rings. The Balaban J connectivity index is 2.00. The van der Waals surface area contributed by atoms with Crippen LogP contribution in [0.1, 0.15) is 28.5 Å². The number of amides is 2. The van der Waals surface area contributed by atoms with Gasteiger partial charge >= 0.3 is 0 Å². The molecule has 1 atom stereocenters. The van der Waals surface area contributed by atoms with Crippen LogP contribution in [0.4, 0.5) is 5.69 Å². The number of nitrogens with zero attached hydrogens (tertiary/aromatic N) is 2. The maximum absolute atomic E-state index is 12.7. The van der Waals surface area contributed by atoms with Crippen LogP contribution in [0.3, 0.4) is 0 Å². The second kappa shape index (κ2) is 5.05. The first kappa shape index (κ1) is 13.4. The summed E-state index contributed by atoms with van der Waals surface area (Å²) >= 11 is 0. The van der Waals surface area contributed by atoms with Gasteiger partial charge in [-0.2, -0.15) is 5.10 Å². The average molecular weight is 284 g/mol. The Labute approximate surface area is 122 Å². The molecule has 1 unspecified atom stereocenters. The van der Waals surface area contributed by atoms with Crippen LogP contribution in [0, 0.1) is 6.92 Å². The normalized spacial score (nSPS) is 17.9. The van der Waals surface area contributed by atoms with Gasteiger partial charge in [0.05, 0.1) is 11.8 Å².